The molecule has 0 aliphatic rings. The van der Waals surface area contributed by atoms with Crippen LogP contribution in [0.15, 0.2) is 0 Å². The highest BCUT2D eigenvalue weighted by molar-refractivity contribution is 5.87. The highest BCUT2D eigenvalue weighted by Gasteiger charge is 2.27. The average molecular weight is 445 g/mol. The van der Waals surface area contributed by atoms with Crippen LogP contribution in [0.3, 0.4) is 0 Å². The second kappa shape index (κ2) is 16.1. The molecule has 2 atom stereocenters. The van der Waals surface area contributed by atoms with E-state index in [1.165, 1.54) is 14.2 Å². The van der Waals surface area contributed by atoms with Crippen molar-refractivity contribution in [1.29, 1.82) is 0 Å². The van der Waals surface area contributed by atoms with Gasteiger partial charge in [0, 0.05) is 19.3 Å². The number of esters is 2. The van der Waals surface area contributed by atoms with E-state index < -0.39 is 54.1 Å². The van der Waals surface area contributed by atoms with E-state index in [9.17, 15) is 24.0 Å². The minimum absolute atomic E-state index is 0.253. The first-order valence-electron chi connectivity index (χ1n) is 10.6. The fourth-order valence-electron chi connectivity index (χ4n) is 3.09. The third-order valence-electron chi connectivity index (χ3n) is 4.75. The predicted molar refractivity (Wildman–Crippen MR) is 112 cm³/mol. The van der Waals surface area contributed by atoms with Crippen LogP contribution in [0.5, 0.6) is 0 Å². The fraction of sp³-hybridized carbons (Fsp3) is 0.762. The number of amides is 2. The lowest BCUT2D eigenvalue weighted by Crippen LogP contribution is -2.44. The Hall–Kier alpha value is -2.65. The minimum Gasteiger partial charge on any atom is -0.481 e. The third-order valence-corrected chi connectivity index (χ3v) is 4.75. The van der Waals surface area contributed by atoms with E-state index in [0.717, 1.165) is 12.8 Å². The van der Waals surface area contributed by atoms with Gasteiger partial charge in [0.25, 0.3) is 0 Å². The van der Waals surface area contributed by atoms with Crippen LogP contribution in [0.25, 0.3) is 0 Å². The molecule has 0 saturated heterocycles. The zero-order valence-corrected chi connectivity index (χ0v) is 18.9. The van der Waals surface area contributed by atoms with Crippen molar-refractivity contribution in [2.75, 3.05) is 14.2 Å². The van der Waals surface area contributed by atoms with Gasteiger partial charge in [-0.2, -0.15) is 0 Å². The summed E-state index contributed by atoms with van der Waals surface area (Å²) in [6.45, 7) is 3.89. The molecule has 0 saturated carbocycles. The number of rotatable bonds is 16. The number of hydrogen-bond donors (Lipinski definition) is 3. The van der Waals surface area contributed by atoms with Crippen molar-refractivity contribution in [1.82, 2.24) is 10.6 Å². The number of nitrogens with one attached hydrogen (secondary N) is 2. The van der Waals surface area contributed by atoms with Crippen LogP contribution in [-0.4, -0.2) is 61.1 Å². The molecule has 0 fully saturated rings. The van der Waals surface area contributed by atoms with Gasteiger partial charge in [0.15, 0.2) is 0 Å². The second-order valence-electron chi connectivity index (χ2n) is 7.44. The normalized spacial score (nSPS) is 12.5. The summed E-state index contributed by atoms with van der Waals surface area (Å²) < 4.78 is 9.40. The molecule has 0 bridgehead atoms. The van der Waals surface area contributed by atoms with Crippen molar-refractivity contribution in [3.63, 3.8) is 0 Å². The molecule has 0 radical (unpaired) electrons. The predicted octanol–water partition coefficient (Wildman–Crippen LogP) is 1.55. The summed E-state index contributed by atoms with van der Waals surface area (Å²) in [4.78, 5) is 59.7. The van der Waals surface area contributed by atoms with Crippen LogP contribution in [0.4, 0.5) is 0 Å². The summed E-state index contributed by atoms with van der Waals surface area (Å²) in [7, 11) is 2.45. The topological polar surface area (TPSA) is 148 Å². The lowest BCUT2D eigenvalue weighted by molar-refractivity contribution is -0.146. The average Bonchev–Trinajstić information content (AvgIpc) is 2.72. The van der Waals surface area contributed by atoms with Crippen molar-refractivity contribution >= 4 is 29.7 Å². The molecule has 0 aromatic rings. The standard InChI is InChI=1S/C21H36N2O8/c1-5-7-9-15(20(28)30-3)22-17(24)11-14(13-19(26)27)12-18(25)23-16(10-8-6-2)21(29)31-4/h14-16H,5-13H2,1-4H3,(H,22,24)(H,23,25)(H,26,27)/t15-,16-/m0/s1. The quantitative estimate of drug-likeness (QED) is 0.304. The molecule has 0 heterocycles. The van der Waals surface area contributed by atoms with Gasteiger partial charge in [-0.05, 0) is 18.8 Å². The van der Waals surface area contributed by atoms with Gasteiger partial charge < -0.3 is 25.2 Å². The number of hydrogen-bond acceptors (Lipinski definition) is 7. The second-order valence-corrected chi connectivity index (χ2v) is 7.44. The lowest BCUT2D eigenvalue weighted by Gasteiger charge is -2.20. The fourth-order valence-corrected chi connectivity index (χ4v) is 3.09. The minimum atomic E-state index is -1.16. The summed E-state index contributed by atoms with van der Waals surface area (Å²) in [5.74, 6) is -4.19. The van der Waals surface area contributed by atoms with Gasteiger partial charge in [0.05, 0.1) is 14.2 Å². The Balaban J connectivity index is 5.05. The van der Waals surface area contributed by atoms with Gasteiger partial charge in [-0.1, -0.05) is 39.5 Å². The number of carboxylic acid groups (broad SMARTS) is 1. The Morgan fingerprint density at radius 3 is 1.42 bits per heavy atom. The van der Waals surface area contributed by atoms with E-state index in [-0.39, 0.29) is 12.8 Å². The first-order chi connectivity index (χ1) is 14.7. The maximum atomic E-state index is 12.4. The number of carbonyl (C=O) groups excluding carboxylic acids is 4. The van der Waals surface area contributed by atoms with E-state index in [0.29, 0.717) is 25.7 Å². The van der Waals surface area contributed by atoms with Gasteiger partial charge in [-0.15, -0.1) is 0 Å². The molecular formula is C21H36N2O8. The van der Waals surface area contributed by atoms with Crippen molar-refractivity contribution in [3.05, 3.63) is 0 Å². The maximum absolute atomic E-state index is 12.4. The zero-order valence-electron chi connectivity index (χ0n) is 18.9. The molecular weight excluding hydrogens is 408 g/mol. The van der Waals surface area contributed by atoms with Crippen molar-refractivity contribution in [3.8, 4) is 0 Å². The SMILES string of the molecule is CCCC[C@H](NC(=O)CC(CC(=O)O)CC(=O)N[C@@H](CCCC)C(=O)OC)C(=O)OC. The number of aliphatic carboxylic acids is 1. The summed E-state index contributed by atoms with van der Waals surface area (Å²) >= 11 is 0. The number of ether oxygens (including phenoxy) is 2. The molecule has 0 aliphatic heterocycles. The zero-order chi connectivity index (χ0) is 23.8. The molecule has 10 nitrogen and oxygen atoms in total. The summed E-state index contributed by atoms with van der Waals surface area (Å²) in [6, 6.07) is -1.65. The van der Waals surface area contributed by atoms with Gasteiger partial charge in [0.2, 0.25) is 11.8 Å². The van der Waals surface area contributed by atoms with Crippen LogP contribution in [-0.2, 0) is 33.4 Å². The van der Waals surface area contributed by atoms with Crippen LogP contribution in [0, 0.1) is 5.92 Å². The van der Waals surface area contributed by atoms with Gasteiger partial charge in [0.1, 0.15) is 12.1 Å². The third kappa shape index (κ3) is 12.6. The summed E-state index contributed by atoms with van der Waals surface area (Å²) in [5.41, 5.74) is 0. The smallest absolute Gasteiger partial charge is 0.328 e. The molecule has 178 valence electrons. The Kier molecular flexibility index (Phi) is 14.7. The number of unbranched alkanes of at least 4 members (excludes halogenated alkanes) is 2. The molecule has 2 amide bonds. The Bertz CT molecular complexity index is 564. The maximum Gasteiger partial charge on any atom is 0.328 e. The van der Waals surface area contributed by atoms with Crippen molar-refractivity contribution in [2.24, 2.45) is 5.92 Å². The molecule has 0 aromatic carbocycles. The highest BCUT2D eigenvalue weighted by atomic mass is 16.5. The first kappa shape index (κ1) is 28.4. The van der Waals surface area contributed by atoms with Crippen molar-refractivity contribution in [2.45, 2.75) is 83.7 Å². The van der Waals surface area contributed by atoms with Gasteiger partial charge >= 0.3 is 17.9 Å². The molecule has 3 N–H and O–H groups in total. The van der Waals surface area contributed by atoms with E-state index in [2.05, 4.69) is 10.6 Å². The Labute approximate surface area is 183 Å². The molecule has 0 spiro atoms. The molecule has 0 aliphatic carbocycles. The van der Waals surface area contributed by atoms with E-state index >= 15 is 0 Å². The van der Waals surface area contributed by atoms with Crippen molar-refractivity contribution < 1.29 is 38.6 Å². The lowest BCUT2D eigenvalue weighted by atomic mass is 9.95. The monoisotopic (exact) mass is 444 g/mol. The molecule has 0 rings (SSSR count). The van der Waals surface area contributed by atoms with E-state index in [1.807, 2.05) is 13.8 Å². The largest absolute Gasteiger partial charge is 0.481 e. The summed E-state index contributed by atoms with van der Waals surface area (Å²) in [6.07, 6.45) is 2.94. The van der Waals surface area contributed by atoms with Crippen LogP contribution >= 0.6 is 0 Å². The molecule has 31 heavy (non-hydrogen) atoms. The van der Waals surface area contributed by atoms with Crippen LogP contribution in [0.1, 0.15) is 71.6 Å². The van der Waals surface area contributed by atoms with Gasteiger partial charge in [-0.25, -0.2) is 9.59 Å². The highest BCUT2D eigenvalue weighted by Crippen LogP contribution is 2.15. The van der Waals surface area contributed by atoms with Crippen LogP contribution in [0.2, 0.25) is 0 Å². The Morgan fingerprint density at radius 2 is 1.13 bits per heavy atom. The van der Waals surface area contributed by atoms with Crippen LogP contribution < -0.4 is 10.6 Å². The number of methoxy groups -OCH3 is 2. The Morgan fingerprint density at radius 1 is 0.742 bits per heavy atom. The summed E-state index contributed by atoms with van der Waals surface area (Å²) in [5, 5.41) is 14.3. The van der Waals surface area contributed by atoms with Gasteiger partial charge in [-0.3, -0.25) is 14.4 Å². The van der Waals surface area contributed by atoms with E-state index in [4.69, 9.17) is 14.6 Å². The molecule has 10 heteroatoms. The number of carbonyl (C=O) groups is 5. The molecule has 0 unspecified atom stereocenters. The van der Waals surface area contributed by atoms with E-state index in [1.54, 1.807) is 0 Å². The number of carboxylic acids is 1. The first-order valence-corrected chi connectivity index (χ1v) is 10.6. The molecule has 0 aromatic heterocycles.